The average molecular weight is 302 g/mol. The molecule has 0 amide bonds. The molecule has 3 rings (SSSR count). The Hall–Kier alpha value is -2.00. The molecule has 0 unspecified atom stereocenters. The summed E-state index contributed by atoms with van der Waals surface area (Å²) in [5.74, 6) is -0.128. The lowest BCUT2D eigenvalue weighted by Crippen LogP contribution is -2.50. The summed E-state index contributed by atoms with van der Waals surface area (Å²) >= 11 is 6.21. The first kappa shape index (κ1) is 14.0. The van der Waals surface area contributed by atoms with E-state index in [-0.39, 0.29) is 11.9 Å². The van der Waals surface area contributed by atoms with E-state index in [1.807, 2.05) is 24.3 Å². The summed E-state index contributed by atoms with van der Waals surface area (Å²) in [6.07, 6.45) is 0. The molecule has 0 radical (unpaired) electrons. The van der Waals surface area contributed by atoms with Crippen LogP contribution in [0.2, 0.25) is 5.02 Å². The number of carbonyl (C=O) groups is 1. The zero-order valence-electron chi connectivity index (χ0n) is 11.8. The Kier molecular flexibility index (Phi) is 3.84. The van der Waals surface area contributed by atoms with Crippen LogP contribution in [-0.2, 0) is 9.53 Å². The summed E-state index contributed by atoms with van der Waals surface area (Å²) in [6.45, 7) is 1.44. The molecule has 0 saturated carbocycles. The molecule has 4 heteroatoms. The Bertz CT molecular complexity index is 648. The van der Waals surface area contributed by atoms with Gasteiger partial charge in [-0.15, -0.1) is 0 Å². The maximum Gasteiger partial charge on any atom is 0.312 e. The minimum Gasteiger partial charge on any atom is -0.469 e. The van der Waals surface area contributed by atoms with Crippen molar-refractivity contribution in [1.82, 2.24) is 0 Å². The highest BCUT2D eigenvalue weighted by molar-refractivity contribution is 6.33. The maximum absolute atomic E-state index is 11.4. The Balaban J connectivity index is 1.72. The molecule has 1 aliphatic heterocycles. The topological polar surface area (TPSA) is 29.5 Å². The predicted octanol–water partition coefficient (Wildman–Crippen LogP) is 3.62. The molecule has 108 valence electrons. The monoisotopic (exact) mass is 301 g/mol. The zero-order chi connectivity index (χ0) is 14.8. The number of halogens is 1. The molecule has 1 fully saturated rings. The van der Waals surface area contributed by atoms with Crippen LogP contribution in [-0.4, -0.2) is 26.2 Å². The first-order valence-corrected chi connectivity index (χ1v) is 7.24. The van der Waals surface area contributed by atoms with Gasteiger partial charge in [0.05, 0.1) is 13.0 Å². The van der Waals surface area contributed by atoms with E-state index in [9.17, 15) is 4.79 Å². The Morgan fingerprint density at radius 3 is 2.43 bits per heavy atom. The maximum atomic E-state index is 11.4. The molecule has 2 aromatic rings. The second-order valence-corrected chi connectivity index (χ2v) is 5.56. The van der Waals surface area contributed by atoms with Gasteiger partial charge in [-0.2, -0.15) is 0 Å². The van der Waals surface area contributed by atoms with Gasteiger partial charge in [0.25, 0.3) is 0 Å². The van der Waals surface area contributed by atoms with Crippen molar-refractivity contribution in [3.05, 3.63) is 53.6 Å². The van der Waals surface area contributed by atoms with E-state index in [0.29, 0.717) is 0 Å². The number of benzene rings is 2. The number of hydrogen-bond donors (Lipinski definition) is 0. The molecule has 1 heterocycles. The van der Waals surface area contributed by atoms with Gasteiger partial charge in [0.2, 0.25) is 0 Å². The summed E-state index contributed by atoms with van der Waals surface area (Å²) in [7, 11) is 1.43. The van der Waals surface area contributed by atoms with Gasteiger partial charge >= 0.3 is 5.97 Å². The largest absolute Gasteiger partial charge is 0.469 e. The van der Waals surface area contributed by atoms with Crippen LogP contribution < -0.4 is 4.90 Å². The number of carbonyl (C=O) groups excluding carboxylic acids is 1. The molecule has 0 spiro atoms. The Morgan fingerprint density at radius 1 is 1.14 bits per heavy atom. The third-order valence-electron chi connectivity index (χ3n) is 3.83. The molecule has 21 heavy (non-hydrogen) atoms. The Labute approximate surface area is 129 Å². The number of ether oxygens (including phenoxy) is 1. The molecule has 1 aliphatic rings. The number of rotatable bonds is 3. The van der Waals surface area contributed by atoms with E-state index in [4.69, 9.17) is 16.3 Å². The first-order valence-electron chi connectivity index (χ1n) is 6.87. The second kappa shape index (κ2) is 5.78. The van der Waals surface area contributed by atoms with Crippen molar-refractivity contribution in [2.45, 2.75) is 0 Å². The molecular formula is C17H16ClNO2. The van der Waals surface area contributed by atoms with Crippen molar-refractivity contribution in [1.29, 1.82) is 0 Å². The van der Waals surface area contributed by atoms with Gasteiger partial charge in [0.15, 0.2) is 0 Å². The SMILES string of the molecule is COC(=O)C1CN(c2ccc(-c3ccccc3Cl)cc2)C1. The molecule has 0 aliphatic carbocycles. The van der Waals surface area contributed by atoms with Gasteiger partial charge in [-0.05, 0) is 23.8 Å². The summed E-state index contributed by atoms with van der Waals surface area (Å²) in [5.41, 5.74) is 3.24. The van der Waals surface area contributed by atoms with E-state index in [2.05, 4.69) is 29.2 Å². The van der Waals surface area contributed by atoms with Gasteiger partial charge in [0, 0.05) is 29.4 Å². The molecule has 0 aromatic heterocycles. The first-order chi connectivity index (χ1) is 10.2. The smallest absolute Gasteiger partial charge is 0.312 e. The van der Waals surface area contributed by atoms with Gasteiger partial charge in [-0.3, -0.25) is 4.79 Å². The number of nitrogens with zero attached hydrogens (tertiary/aromatic N) is 1. The lowest BCUT2D eigenvalue weighted by molar-refractivity contribution is -0.146. The van der Waals surface area contributed by atoms with E-state index < -0.39 is 0 Å². The van der Waals surface area contributed by atoms with Crippen LogP contribution in [0, 0.1) is 5.92 Å². The summed E-state index contributed by atoms with van der Waals surface area (Å²) in [4.78, 5) is 13.5. The highest BCUT2D eigenvalue weighted by atomic mass is 35.5. The van der Waals surface area contributed by atoms with Crippen LogP contribution in [0.1, 0.15) is 0 Å². The lowest BCUT2D eigenvalue weighted by Gasteiger charge is -2.39. The van der Waals surface area contributed by atoms with Crippen LogP contribution in [0.3, 0.4) is 0 Å². The number of hydrogen-bond acceptors (Lipinski definition) is 3. The molecule has 2 aromatic carbocycles. The van der Waals surface area contributed by atoms with E-state index in [0.717, 1.165) is 34.9 Å². The molecule has 0 N–H and O–H groups in total. The normalized spacial score (nSPS) is 14.7. The van der Waals surface area contributed by atoms with Crippen molar-refractivity contribution in [3.63, 3.8) is 0 Å². The fourth-order valence-electron chi connectivity index (χ4n) is 2.55. The predicted molar refractivity (Wildman–Crippen MR) is 84.6 cm³/mol. The van der Waals surface area contributed by atoms with Gasteiger partial charge in [-0.25, -0.2) is 0 Å². The highest BCUT2D eigenvalue weighted by Gasteiger charge is 2.33. The Morgan fingerprint density at radius 2 is 1.81 bits per heavy atom. The summed E-state index contributed by atoms with van der Waals surface area (Å²) in [6, 6.07) is 16.0. The summed E-state index contributed by atoms with van der Waals surface area (Å²) < 4.78 is 4.75. The second-order valence-electron chi connectivity index (χ2n) is 5.15. The highest BCUT2D eigenvalue weighted by Crippen LogP contribution is 2.31. The molecular weight excluding hydrogens is 286 g/mol. The third kappa shape index (κ3) is 2.74. The standard InChI is InChI=1S/C17H16ClNO2/c1-21-17(20)13-10-19(11-13)14-8-6-12(7-9-14)15-4-2-3-5-16(15)18/h2-9,13H,10-11H2,1H3. The van der Waals surface area contributed by atoms with Gasteiger partial charge in [-0.1, -0.05) is 41.9 Å². The fourth-order valence-corrected chi connectivity index (χ4v) is 2.80. The number of esters is 1. The van der Waals surface area contributed by atoms with Crippen molar-refractivity contribution >= 4 is 23.3 Å². The quantitative estimate of drug-likeness (QED) is 0.811. The van der Waals surface area contributed by atoms with Crippen LogP contribution in [0.15, 0.2) is 48.5 Å². The van der Waals surface area contributed by atoms with Crippen LogP contribution in [0.5, 0.6) is 0 Å². The minimum absolute atomic E-state index is 0.00163. The minimum atomic E-state index is -0.126. The van der Waals surface area contributed by atoms with Crippen LogP contribution >= 0.6 is 11.6 Å². The fraction of sp³-hybridized carbons (Fsp3) is 0.235. The van der Waals surface area contributed by atoms with Crippen LogP contribution in [0.4, 0.5) is 5.69 Å². The van der Waals surface area contributed by atoms with Crippen LogP contribution in [0.25, 0.3) is 11.1 Å². The van der Waals surface area contributed by atoms with Gasteiger partial charge < -0.3 is 9.64 Å². The number of anilines is 1. The third-order valence-corrected chi connectivity index (χ3v) is 4.16. The summed E-state index contributed by atoms with van der Waals surface area (Å²) in [5, 5.41) is 0.750. The van der Waals surface area contributed by atoms with E-state index in [1.54, 1.807) is 0 Å². The molecule has 3 nitrogen and oxygen atoms in total. The van der Waals surface area contributed by atoms with E-state index >= 15 is 0 Å². The molecule has 0 atom stereocenters. The van der Waals surface area contributed by atoms with Gasteiger partial charge in [0.1, 0.15) is 0 Å². The zero-order valence-corrected chi connectivity index (χ0v) is 12.5. The van der Waals surface area contributed by atoms with Crippen molar-refractivity contribution < 1.29 is 9.53 Å². The number of methoxy groups -OCH3 is 1. The average Bonchev–Trinajstić information content (AvgIpc) is 2.47. The van der Waals surface area contributed by atoms with Crippen molar-refractivity contribution in [2.24, 2.45) is 5.92 Å². The lowest BCUT2D eigenvalue weighted by atomic mass is 9.98. The molecule has 0 bridgehead atoms. The van der Waals surface area contributed by atoms with Crippen molar-refractivity contribution in [3.8, 4) is 11.1 Å². The van der Waals surface area contributed by atoms with E-state index in [1.165, 1.54) is 7.11 Å². The molecule has 1 saturated heterocycles. The van der Waals surface area contributed by atoms with Crippen molar-refractivity contribution in [2.75, 3.05) is 25.1 Å².